The van der Waals surface area contributed by atoms with Gasteiger partial charge in [-0.15, -0.1) is 22.7 Å². The maximum Gasteiger partial charge on any atom is 0.339 e. The lowest BCUT2D eigenvalue weighted by Gasteiger charge is -2.08. The van der Waals surface area contributed by atoms with Crippen LogP contribution in [-0.4, -0.2) is 34.1 Å². The number of thiazole rings is 2. The average molecular weight is 894 g/mol. The van der Waals surface area contributed by atoms with Crippen molar-refractivity contribution in [2.75, 3.05) is 7.11 Å². The summed E-state index contributed by atoms with van der Waals surface area (Å²) in [5.74, 6) is -1.43. The number of rotatable bonds is 7. The van der Waals surface area contributed by atoms with Crippen molar-refractivity contribution in [3.8, 4) is 60.9 Å². The van der Waals surface area contributed by atoms with E-state index in [1.807, 2.05) is 41.1 Å². The van der Waals surface area contributed by atoms with Crippen LogP contribution in [0.1, 0.15) is 26.3 Å². The van der Waals surface area contributed by atoms with E-state index in [9.17, 15) is 14.7 Å². The van der Waals surface area contributed by atoms with E-state index in [1.165, 1.54) is 29.8 Å². The molecule has 54 heavy (non-hydrogen) atoms. The highest BCUT2D eigenvalue weighted by atomic mass is 79.9. The second-order valence-electron chi connectivity index (χ2n) is 11.3. The fourth-order valence-electron chi connectivity index (χ4n) is 5.14. The van der Waals surface area contributed by atoms with Crippen molar-refractivity contribution in [3.63, 3.8) is 0 Å². The number of hydrogen-bond acceptors (Lipinski definition) is 8. The molecule has 7 aromatic rings. The first kappa shape index (κ1) is 39.1. The fourth-order valence-corrected chi connectivity index (χ4v) is 7.80. The molecule has 14 heteroatoms. The Kier molecular flexibility index (Phi) is 12.5. The van der Waals surface area contributed by atoms with E-state index < -0.39 is 11.9 Å². The topological polar surface area (TPSA) is 113 Å². The number of nitriles is 1. The van der Waals surface area contributed by atoms with Crippen LogP contribution in [-0.2, 0) is 4.74 Å². The predicted octanol–water partition coefficient (Wildman–Crippen LogP) is 13.4. The molecule has 2 heterocycles. The van der Waals surface area contributed by atoms with Gasteiger partial charge >= 0.3 is 11.9 Å². The quantitative estimate of drug-likeness (QED) is 0.159. The van der Waals surface area contributed by atoms with E-state index in [0.29, 0.717) is 51.8 Å². The third-order valence-electron chi connectivity index (χ3n) is 7.88. The Labute approximate surface area is 346 Å². The average Bonchev–Trinajstić information content (AvgIpc) is 3.89. The number of ether oxygens (including phenoxy) is 1. The summed E-state index contributed by atoms with van der Waals surface area (Å²) >= 11 is 30.3. The summed E-state index contributed by atoms with van der Waals surface area (Å²) in [4.78, 5) is 33.0. The van der Waals surface area contributed by atoms with Crippen LogP contribution in [0.2, 0.25) is 20.1 Å². The summed E-state index contributed by atoms with van der Waals surface area (Å²) in [5.41, 5.74) is 7.27. The molecule has 0 amide bonds. The van der Waals surface area contributed by atoms with Crippen molar-refractivity contribution < 1.29 is 19.4 Å². The number of hydrogen-bond donors (Lipinski definition) is 1. The molecule has 0 spiro atoms. The van der Waals surface area contributed by atoms with Gasteiger partial charge in [0.05, 0.1) is 61.3 Å². The van der Waals surface area contributed by atoms with Gasteiger partial charge in [-0.05, 0) is 81.7 Å². The minimum Gasteiger partial charge on any atom is -0.478 e. The normalized spacial score (nSPS) is 10.6. The summed E-state index contributed by atoms with van der Waals surface area (Å²) in [6, 6.07) is 30.3. The van der Waals surface area contributed by atoms with Gasteiger partial charge in [-0.3, -0.25) is 0 Å². The molecule has 1 N–H and O–H groups in total. The molecule has 268 valence electrons. The largest absolute Gasteiger partial charge is 0.478 e. The first-order chi connectivity index (χ1) is 25.9. The summed E-state index contributed by atoms with van der Waals surface area (Å²) < 4.78 is 5.47. The second kappa shape index (κ2) is 17.3. The minimum absolute atomic E-state index is 0.170. The van der Waals surface area contributed by atoms with Crippen LogP contribution in [0, 0.1) is 11.3 Å². The van der Waals surface area contributed by atoms with Crippen molar-refractivity contribution in [3.05, 3.63) is 149 Å². The standard InChI is InChI=1S/C23H12Cl2N2O2S.C17H10BrCl2NO2S/c24-19-8-6-15(10-20(19)25)21-12-30-22(27-21)16-5-7-17(18(9-16)23(28)29)14-3-1-13(11-26)2-4-14;1-23-17(22)11-6-10(2-4-12(11)18)16-21-15(8-24-16)9-3-5-13(19)14(20)7-9/h1-10,12H,(H,28,29);2-8H,1H3. The molecule has 0 fully saturated rings. The Morgan fingerprint density at radius 2 is 1.15 bits per heavy atom. The molecule has 0 saturated carbocycles. The summed E-state index contributed by atoms with van der Waals surface area (Å²) in [6.07, 6.45) is 0. The molecular weight excluding hydrogens is 872 g/mol. The number of benzene rings is 5. The van der Waals surface area contributed by atoms with Crippen molar-refractivity contribution in [2.24, 2.45) is 0 Å². The molecule has 0 aliphatic heterocycles. The number of methoxy groups -OCH3 is 1. The van der Waals surface area contributed by atoms with Crippen LogP contribution in [0.3, 0.4) is 0 Å². The Morgan fingerprint density at radius 3 is 1.63 bits per heavy atom. The molecule has 0 bridgehead atoms. The van der Waals surface area contributed by atoms with E-state index in [0.717, 1.165) is 38.6 Å². The lowest BCUT2D eigenvalue weighted by Crippen LogP contribution is -2.02. The number of carboxylic acids is 1. The zero-order valence-corrected chi connectivity index (χ0v) is 33.9. The second-order valence-corrected chi connectivity index (χ2v) is 15.5. The SMILES string of the molecule is COC(=O)c1cc(-c2nc(-c3ccc(Cl)c(Cl)c3)cs2)ccc1Br.N#Cc1ccc(-c2ccc(-c3nc(-c4ccc(Cl)c(Cl)c4)cs3)cc2C(=O)O)cc1. The van der Waals surface area contributed by atoms with Gasteiger partial charge in [0.1, 0.15) is 10.0 Å². The molecule has 2 aromatic heterocycles. The van der Waals surface area contributed by atoms with Gasteiger partial charge in [0.15, 0.2) is 0 Å². The van der Waals surface area contributed by atoms with Gasteiger partial charge in [-0.1, -0.05) is 88.9 Å². The van der Waals surface area contributed by atoms with Crippen LogP contribution in [0.15, 0.2) is 112 Å². The zero-order chi connectivity index (χ0) is 38.5. The Bertz CT molecular complexity index is 2590. The maximum atomic E-state index is 11.9. The van der Waals surface area contributed by atoms with Gasteiger partial charge in [0, 0.05) is 37.5 Å². The lowest BCUT2D eigenvalue weighted by atomic mass is 9.97. The van der Waals surface area contributed by atoms with E-state index in [-0.39, 0.29) is 5.56 Å². The molecule has 0 aliphatic carbocycles. The molecule has 0 saturated heterocycles. The molecule has 0 atom stereocenters. The van der Waals surface area contributed by atoms with E-state index >= 15 is 0 Å². The molecular formula is C40H22BrCl4N3O4S2. The highest BCUT2D eigenvalue weighted by Gasteiger charge is 2.17. The van der Waals surface area contributed by atoms with Crippen molar-refractivity contribution in [1.29, 1.82) is 5.26 Å². The smallest absolute Gasteiger partial charge is 0.339 e. The molecule has 0 aliphatic rings. The number of aromatic nitrogens is 2. The Morgan fingerprint density at radius 1 is 0.667 bits per heavy atom. The van der Waals surface area contributed by atoms with Crippen LogP contribution >= 0.6 is 85.0 Å². The van der Waals surface area contributed by atoms with Crippen molar-refractivity contribution in [2.45, 2.75) is 0 Å². The van der Waals surface area contributed by atoms with E-state index in [2.05, 4.69) is 32.0 Å². The third kappa shape index (κ3) is 8.86. The van der Waals surface area contributed by atoms with Crippen molar-refractivity contribution in [1.82, 2.24) is 9.97 Å². The highest BCUT2D eigenvalue weighted by Crippen LogP contribution is 2.36. The monoisotopic (exact) mass is 891 g/mol. The van der Waals surface area contributed by atoms with Crippen molar-refractivity contribution >= 4 is 96.9 Å². The van der Waals surface area contributed by atoms with Gasteiger partial charge < -0.3 is 9.84 Å². The Hall–Kier alpha value is -4.57. The lowest BCUT2D eigenvalue weighted by molar-refractivity contribution is 0.0598. The molecule has 5 aromatic carbocycles. The summed E-state index contributed by atoms with van der Waals surface area (Å²) in [5, 5.41) is 25.9. The van der Waals surface area contributed by atoms with Gasteiger partial charge in [0.25, 0.3) is 0 Å². The highest BCUT2D eigenvalue weighted by molar-refractivity contribution is 9.10. The minimum atomic E-state index is -1.03. The number of esters is 1. The third-order valence-corrected chi connectivity index (χ3v) is 11.8. The maximum absolute atomic E-state index is 11.9. The molecule has 7 rings (SSSR count). The van der Waals surface area contributed by atoms with Gasteiger partial charge in [0.2, 0.25) is 0 Å². The van der Waals surface area contributed by atoms with Crippen LogP contribution in [0.4, 0.5) is 0 Å². The van der Waals surface area contributed by atoms with Crippen LogP contribution in [0.25, 0.3) is 54.8 Å². The summed E-state index contributed by atoms with van der Waals surface area (Å²) in [7, 11) is 1.35. The van der Waals surface area contributed by atoms with Crippen LogP contribution < -0.4 is 0 Å². The van der Waals surface area contributed by atoms with Gasteiger partial charge in [-0.2, -0.15) is 5.26 Å². The first-order valence-corrected chi connectivity index (χ1v) is 19.6. The molecule has 7 nitrogen and oxygen atoms in total. The number of carboxylic acid groups (broad SMARTS) is 1. The first-order valence-electron chi connectivity index (χ1n) is 15.5. The number of carbonyl (C=O) groups is 2. The van der Waals surface area contributed by atoms with E-state index in [4.69, 9.17) is 56.4 Å². The fraction of sp³-hybridized carbons (Fsp3) is 0.0250. The zero-order valence-electron chi connectivity index (χ0n) is 27.6. The number of aromatic carboxylic acids is 1. The number of carbonyl (C=O) groups excluding carboxylic acids is 1. The molecule has 0 radical (unpaired) electrons. The van der Waals surface area contributed by atoms with Gasteiger partial charge in [-0.25, -0.2) is 19.6 Å². The number of halogens is 5. The van der Waals surface area contributed by atoms with E-state index in [1.54, 1.807) is 66.7 Å². The number of nitrogens with zero attached hydrogens (tertiary/aromatic N) is 3. The predicted molar refractivity (Wildman–Crippen MR) is 222 cm³/mol. The summed E-state index contributed by atoms with van der Waals surface area (Å²) in [6.45, 7) is 0. The molecule has 0 unspecified atom stereocenters. The Balaban J connectivity index is 0.000000189. The van der Waals surface area contributed by atoms with Crippen LogP contribution in [0.5, 0.6) is 0 Å².